The molecule has 4 rings (SSSR count). The molecule has 0 atom stereocenters. The predicted molar refractivity (Wildman–Crippen MR) is 104 cm³/mol. The fraction of sp³-hybridized carbons (Fsp3) is 0.333. The lowest BCUT2D eigenvalue weighted by Gasteiger charge is -2.33. The first-order valence-corrected chi connectivity index (χ1v) is 9.18. The van der Waals surface area contributed by atoms with Crippen LogP contribution in [-0.2, 0) is 4.79 Å². The third-order valence-electron chi connectivity index (χ3n) is 4.74. The zero-order chi connectivity index (χ0) is 18.8. The first-order chi connectivity index (χ1) is 13.1. The number of amides is 1. The van der Waals surface area contributed by atoms with Gasteiger partial charge in [-0.3, -0.25) is 4.79 Å². The Balaban J connectivity index is 1.32. The van der Waals surface area contributed by atoms with E-state index in [1.165, 1.54) is 0 Å². The Hall–Kier alpha value is -3.02. The van der Waals surface area contributed by atoms with Crippen LogP contribution in [0.25, 0.3) is 11.1 Å². The third-order valence-corrected chi connectivity index (χ3v) is 4.74. The summed E-state index contributed by atoms with van der Waals surface area (Å²) in [7, 11) is 0. The molecule has 0 N–H and O–H groups in total. The maximum Gasteiger partial charge on any atom is 0.298 e. The highest BCUT2D eigenvalue weighted by Crippen LogP contribution is 2.22. The van der Waals surface area contributed by atoms with Crippen molar-refractivity contribution >= 4 is 23.0 Å². The summed E-state index contributed by atoms with van der Waals surface area (Å²) in [5.41, 5.74) is 3.90. The first kappa shape index (κ1) is 17.4. The highest BCUT2D eigenvalue weighted by atomic mass is 16.5. The van der Waals surface area contributed by atoms with Gasteiger partial charge >= 0.3 is 0 Å². The highest BCUT2D eigenvalue weighted by Gasteiger charge is 2.24. The molecule has 27 heavy (non-hydrogen) atoms. The number of piperazine rings is 1. The van der Waals surface area contributed by atoms with E-state index < -0.39 is 0 Å². The van der Waals surface area contributed by atoms with Gasteiger partial charge in [-0.15, -0.1) is 0 Å². The molecule has 1 fully saturated rings. The van der Waals surface area contributed by atoms with Crippen molar-refractivity contribution in [1.82, 2.24) is 9.88 Å². The molecule has 2 aromatic carbocycles. The number of rotatable bonds is 4. The van der Waals surface area contributed by atoms with E-state index in [2.05, 4.69) is 16.0 Å². The van der Waals surface area contributed by atoms with Gasteiger partial charge < -0.3 is 19.0 Å². The van der Waals surface area contributed by atoms with Gasteiger partial charge in [-0.2, -0.15) is 4.98 Å². The van der Waals surface area contributed by atoms with Gasteiger partial charge in [0.05, 0.1) is 0 Å². The maximum atomic E-state index is 12.5. The molecule has 1 aliphatic heterocycles. The molecule has 1 saturated heterocycles. The number of aryl methyl sites for hydroxylation is 2. The van der Waals surface area contributed by atoms with Gasteiger partial charge in [0.25, 0.3) is 11.9 Å². The minimum atomic E-state index is 0.00590. The van der Waals surface area contributed by atoms with E-state index in [1.54, 1.807) is 0 Å². The number of nitrogens with zero attached hydrogens (tertiary/aromatic N) is 3. The smallest absolute Gasteiger partial charge is 0.298 e. The predicted octanol–water partition coefficient (Wildman–Crippen LogP) is 3.17. The summed E-state index contributed by atoms with van der Waals surface area (Å²) in [6, 6.07) is 14.3. The molecule has 1 aliphatic rings. The van der Waals surface area contributed by atoms with E-state index >= 15 is 0 Å². The number of aromatic nitrogens is 1. The van der Waals surface area contributed by atoms with Gasteiger partial charge in [-0.25, -0.2) is 0 Å². The number of carbonyl (C=O) groups is 1. The van der Waals surface area contributed by atoms with Crippen LogP contribution in [0.15, 0.2) is 46.9 Å². The summed E-state index contributed by atoms with van der Waals surface area (Å²) in [4.78, 5) is 20.9. The van der Waals surface area contributed by atoms with Gasteiger partial charge in [0.15, 0.2) is 12.2 Å². The molecule has 1 aromatic heterocycles. The van der Waals surface area contributed by atoms with Crippen molar-refractivity contribution in [1.29, 1.82) is 0 Å². The quantitative estimate of drug-likeness (QED) is 0.711. The van der Waals surface area contributed by atoms with Gasteiger partial charge in [-0.1, -0.05) is 18.2 Å². The van der Waals surface area contributed by atoms with E-state index in [1.807, 2.05) is 55.1 Å². The van der Waals surface area contributed by atoms with Crippen LogP contribution >= 0.6 is 0 Å². The third kappa shape index (κ3) is 3.89. The van der Waals surface area contributed by atoms with E-state index in [-0.39, 0.29) is 12.5 Å². The fourth-order valence-corrected chi connectivity index (χ4v) is 3.40. The molecule has 0 spiro atoms. The number of fused-ring (bicyclic) bond motifs is 1. The van der Waals surface area contributed by atoms with Crippen LogP contribution in [0.4, 0.5) is 6.01 Å². The summed E-state index contributed by atoms with van der Waals surface area (Å²) in [5, 5.41) is 0. The molecular weight excluding hydrogens is 342 g/mol. The maximum absolute atomic E-state index is 12.5. The summed E-state index contributed by atoms with van der Waals surface area (Å²) >= 11 is 0. The number of para-hydroxylation sites is 2. The van der Waals surface area contributed by atoms with Gasteiger partial charge in [0.2, 0.25) is 0 Å². The summed E-state index contributed by atoms with van der Waals surface area (Å²) in [6.45, 7) is 6.76. The molecule has 140 valence electrons. The summed E-state index contributed by atoms with van der Waals surface area (Å²) in [5.74, 6) is 0.748. The minimum Gasteiger partial charge on any atom is -0.484 e. The topological polar surface area (TPSA) is 58.8 Å². The molecule has 0 aliphatic carbocycles. The molecule has 0 unspecified atom stereocenters. The summed E-state index contributed by atoms with van der Waals surface area (Å²) < 4.78 is 11.5. The van der Waals surface area contributed by atoms with Crippen molar-refractivity contribution < 1.29 is 13.9 Å². The standard InChI is InChI=1S/C21H23N3O3/c1-15-11-16(2)13-17(12-15)26-14-20(25)23-7-9-24(10-8-23)21-22-18-5-3-4-6-19(18)27-21/h3-6,11-13H,7-10,14H2,1-2H3. The molecule has 3 aromatic rings. The Morgan fingerprint density at radius 1 is 1.07 bits per heavy atom. The monoisotopic (exact) mass is 365 g/mol. The molecule has 0 bridgehead atoms. The molecular formula is C21H23N3O3. The lowest BCUT2D eigenvalue weighted by Crippen LogP contribution is -2.50. The van der Waals surface area contributed by atoms with Crippen molar-refractivity contribution in [2.45, 2.75) is 13.8 Å². The van der Waals surface area contributed by atoms with Crippen LogP contribution in [0.1, 0.15) is 11.1 Å². The van der Waals surface area contributed by atoms with Crippen molar-refractivity contribution in [3.63, 3.8) is 0 Å². The van der Waals surface area contributed by atoms with Crippen molar-refractivity contribution in [3.05, 3.63) is 53.6 Å². The number of benzene rings is 2. The van der Waals surface area contributed by atoms with Crippen LogP contribution in [0.5, 0.6) is 5.75 Å². The number of ether oxygens (including phenoxy) is 1. The van der Waals surface area contributed by atoms with Crippen LogP contribution in [-0.4, -0.2) is 48.6 Å². The lowest BCUT2D eigenvalue weighted by molar-refractivity contribution is -0.133. The normalized spacial score (nSPS) is 14.6. The largest absolute Gasteiger partial charge is 0.484 e. The van der Waals surface area contributed by atoms with Gasteiger partial charge in [0, 0.05) is 26.2 Å². The van der Waals surface area contributed by atoms with E-state index in [4.69, 9.17) is 9.15 Å². The second-order valence-electron chi connectivity index (χ2n) is 6.94. The van der Waals surface area contributed by atoms with Crippen LogP contribution < -0.4 is 9.64 Å². The van der Waals surface area contributed by atoms with E-state index in [0.717, 1.165) is 28.0 Å². The summed E-state index contributed by atoms with van der Waals surface area (Å²) in [6.07, 6.45) is 0. The van der Waals surface area contributed by atoms with Crippen molar-refractivity contribution in [2.24, 2.45) is 0 Å². The van der Waals surface area contributed by atoms with E-state index in [9.17, 15) is 4.79 Å². The Morgan fingerprint density at radius 3 is 2.48 bits per heavy atom. The van der Waals surface area contributed by atoms with Crippen LogP contribution in [0.3, 0.4) is 0 Å². The number of oxazole rings is 1. The molecule has 2 heterocycles. The first-order valence-electron chi connectivity index (χ1n) is 9.18. The van der Waals surface area contributed by atoms with Crippen LogP contribution in [0, 0.1) is 13.8 Å². The van der Waals surface area contributed by atoms with Crippen molar-refractivity contribution in [3.8, 4) is 5.75 Å². The zero-order valence-corrected chi connectivity index (χ0v) is 15.6. The minimum absolute atomic E-state index is 0.00590. The molecule has 6 heteroatoms. The Morgan fingerprint density at radius 2 is 1.78 bits per heavy atom. The molecule has 0 saturated carbocycles. The second-order valence-corrected chi connectivity index (χ2v) is 6.94. The Labute approximate surface area is 158 Å². The Kier molecular flexibility index (Phi) is 4.71. The van der Waals surface area contributed by atoms with E-state index in [0.29, 0.717) is 32.2 Å². The number of anilines is 1. The Bertz CT molecular complexity index is 905. The molecule has 1 amide bonds. The van der Waals surface area contributed by atoms with Crippen LogP contribution in [0.2, 0.25) is 0 Å². The molecule has 0 radical (unpaired) electrons. The number of carbonyl (C=O) groups excluding carboxylic acids is 1. The lowest BCUT2D eigenvalue weighted by atomic mass is 10.1. The number of hydrogen-bond donors (Lipinski definition) is 0. The molecule has 6 nitrogen and oxygen atoms in total. The number of hydrogen-bond acceptors (Lipinski definition) is 5. The second kappa shape index (κ2) is 7.31. The zero-order valence-electron chi connectivity index (χ0n) is 15.6. The average molecular weight is 365 g/mol. The van der Waals surface area contributed by atoms with Gasteiger partial charge in [0.1, 0.15) is 11.3 Å². The fourth-order valence-electron chi connectivity index (χ4n) is 3.40. The highest BCUT2D eigenvalue weighted by molar-refractivity contribution is 5.78. The van der Waals surface area contributed by atoms with Gasteiger partial charge in [-0.05, 0) is 49.2 Å². The van der Waals surface area contributed by atoms with Crippen molar-refractivity contribution in [2.75, 3.05) is 37.7 Å². The SMILES string of the molecule is Cc1cc(C)cc(OCC(=O)N2CCN(c3nc4ccccc4o3)CC2)c1. The average Bonchev–Trinajstić information content (AvgIpc) is 3.10.